The average molecular weight is 442 g/mol. The number of nitrogens with zero attached hydrogens (tertiary/aromatic N) is 3. The van der Waals surface area contributed by atoms with Gasteiger partial charge in [-0.1, -0.05) is 24.3 Å². The highest BCUT2D eigenvalue weighted by Crippen LogP contribution is 2.36. The van der Waals surface area contributed by atoms with E-state index in [2.05, 4.69) is 0 Å². The highest BCUT2D eigenvalue weighted by atomic mass is 16.2. The van der Waals surface area contributed by atoms with Gasteiger partial charge in [0.25, 0.3) is 5.91 Å². The molecule has 1 fully saturated rings. The highest BCUT2D eigenvalue weighted by Gasteiger charge is 2.42. The molecule has 170 valence electrons. The molecule has 0 aromatic heterocycles. The van der Waals surface area contributed by atoms with Crippen LogP contribution in [0.5, 0.6) is 0 Å². The lowest BCUT2D eigenvalue weighted by Crippen LogP contribution is -2.56. The summed E-state index contributed by atoms with van der Waals surface area (Å²) in [6.45, 7) is 8.14. The van der Waals surface area contributed by atoms with Gasteiger partial charge in [0, 0.05) is 31.2 Å². The van der Waals surface area contributed by atoms with Crippen molar-refractivity contribution in [1.29, 1.82) is 0 Å². The molecule has 3 aromatic carbocycles. The van der Waals surface area contributed by atoms with Crippen LogP contribution >= 0.6 is 0 Å². The lowest BCUT2D eigenvalue weighted by atomic mass is 9.97. The number of anilines is 3. The zero-order valence-corrected chi connectivity index (χ0v) is 20.2. The molecule has 0 unspecified atom stereocenters. The fourth-order valence-corrected chi connectivity index (χ4v) is 4.22. The Balaban J connectivity index is 1.82. The van der Waals surface area contributed by atoms with Crippen LogP contribution in [0.1, 0.15) is 33.9 Å². The predicted molar refractivity (Wildman–Crippen MR) is 135 cm³/mol. The molecule has 5 nitrogen and oxygen atoms in total. The second-order valence-corrected chi connectivity index (χ2v) is 9.11. The lowest BCUT2D eigenvalue weighted by molar-refractivity contribution is -0.128. The van der Waals surface area contributed by atoms with Crippen molar-refractivity contribution in [3.05, 3.63) is 88.5 Å². The molecule has 5 heteroatoms. The quantitative estimate of drug-likeness (QED) is 0.565. The summed E-state index contributed by atoms with van der Waals surface area (Å²) in [5.41, 5.74) is 7.83. The van der Waals surface area contributed by atoms with E-state index in [0.717, 1.165) is 44.9 Å². The normalized spacial score (nSPS) is 16.4. The summed E-state index contributed by atoms with van der Waals surface area (Å²) < 4.78 is 0. The zero-order chi connectivity index (χ0) is 23.9. The van der Waals surface area contributed by atoms with E-state index in [1.165, 1.54) is 0 Å². The minimum Gasteiger partial charge on any atom is -0.378 e. The molecule has 1 aliphatic rings. The third-order valence-electron chi connectivity index (χ3n) is 6.62. The van der Waals surface area contributed by atoms with Crippen LogP contribution < -0.4 is 14.7 Å². The SMILES string of the molecule is Cc1ccc(N2CC(=O)N(c3ccc(C)c(C)c3)[C@@H](c3ccc(N(C)C)cc3)C2=O)cc1C. The second-order valence-electron chi connectivity index (χ2n) is 9.11. The minimum absolute atomic E-state index is 0.0144. The van der Waals surface area contributed by atoms with Crippen molar-refractivity contribution in [2.45, 2.75) is 33.7 Å². The van der Waals surface area contributed by atoms with E-state index < -0.39 is 6.04 Å². The molecule has 0 radical (unpaired) electrons. The maximum Gasteiger partial charge on any atom is 0.255 e. The molecule has 1 aliphatic heterocycles. The standard InChI is InChI=1S/C28H31N3O2/c1-18-7-11-24(15-20(18)3)30-17-26(32)31(25-12-8-19(2)21(4)16-25)27(28(30)33)22-9-13-23(14-10-22)29(5)6/h7-16,27H,17H2,1-6H3/t27-/m0/s1. The van der Waals surface area contributed by atoms with Crippen LogP contribution in [0.3, 0.4) is 0 Å². The molecule has 4 rings (SSSR count). The van der Waals surface area contributed by atoms with Gasteiger partial charge < -0.3 is 9.80 Å². The van der Waals surface area contributed by atoms with Gasteiger partial charge in [0.2, 0.25) is 5.91 Å². The smallest absolute Gasteiger partial charge is 0.255 e. The number of amides is 2. The number of aryl methyl sites for hydroxylation is 4. The predicted octanol–water partition coefficient (Wildman–Crippen LogP) is 5.11. The molecule has 1 heterocycles. The first kappa shape index (κ1) is 22.6. The fourth-order valence-electron chi connectivity index (χ4n) is 4.22. The van der Waals surface area contributed by atoms with Crippen LogP contribution in [0, 0.1) is 27.7 Å². The van der Waals surface area contributed by atoms with E-state index in [4.69, 9.17) is 0 Å². The van der Waals surface area contributed by atoms with Crippen molar-refractivity contribution >= 4 is 28.9 Å². The average Bonchev–Trinajstić information content (AvgIpc) is 2.79. The Hall–Kier alpha value is -3.60. The molecule has 0 saturated carbocycles. The lowest BCUT2D eigenvalue weighted by Gasteiger charge is -2.41. The molecular formula is C28H31N3O2. The Morgan fingerprint density at radius 3 is 1.82 bits per heavy atom. The summed E-state index contributed by atoms with van der Waals surface area (Å²) in [6.07, 6.45) is 0. The molecule has 1 atom stereocenters. The number of piperazine rings is 1. The topological polar surface area (TPSA) is 43.9 Å². The Bertz CT molecular complexity index is 1210. The number of carbonyl (C=O) groups excluding carboxylic acids is 2. The summed E-state index contributed by atoms with van der Waals surface area (Å²) >= 11 is 0. The van der Waals surface area contributed by atoms with Crippen molar-refractivity contribution in [2.75, 3.05) is 35.3 Å². The van der Waals surface area contributed by atoms with Crippen molar-refractivity contribution < 1.29 is 9.59 Å². The third-order valence-corrected chi connectivity index (χ3v) is 6.62. The van der Waals surface area contributed by atoms with Crippen molar-refractivity contribution in [3.8, 4) is 0 Å². The zero-order valence-electron chi connectivity index (χ0n) is 20.2. The van der Waals surface area contributed by atoms with Gasteiger partial charge >= 0.3 is 0 Å². The largest absolute Gasteiger partial charge is 0.378 e. The number of carbonyl (C=O) groups is 2. The van der Waals surface area contributed by atoms with Gasteiger partial charge in [0.1, 0.15) is 12.6 Å². The first-order valence-electron chi connectivity index (χ1n) is 11.2. The fraction of sp³-hybridized carbons (Fsp3) is 0.286. The van der Waals surface area contributed by atoms with Gasteiger partial charge in [-0.3, -0.25) is 14.5 Å². The van der Waals surface area contributed by atoms with Crippen LogP contribution in [0.25, 0.3) is 0 Å². The van der Waals surface area contributed by atoms with E-state index in [1.54, 1.807) is 9.80 Å². The van der Waals surface area contributed by atoms with Crippen LogP contribution in [-0.4, -0.2) is 32.5 Å². The van der Waals surface area contributed by atoms with E-state index in [9.17, 15) is 9.59 Å². The molecule has 1 saturated heterocycles. The molecule has 3 aromatic rings. The number of benzene rings is 3. The van der Waals surface area contributed by atoms with E-state index in [1.807, 2.05) is 107 Å². The van der Waals surface area contributed by atoms with Crippen molar-refractivity contribution in [3.63, 3.8) is 0 Å². The molecule has 0 spiro atoms. The van der Waals surface area contributed by atoms with Crippen LogP contribution in [0.2, 0.25) is 0 Å². The second kappa shape index (κ2) is 8.74. The molecule has 2 amide bonds. The Morgan fingerprint density at radius 2 is 1.27 bits per heavy atom. The Morgan fingerprint density at radius 1 is 0.727 bits per heavy atom. The first-order chi connectivity index (χ1) is 15.7. The summed E-state index contributed by atoms with van der Waals surface area (Å²) in [5.74, 6) is -0.202. The Labute approximate surface area is 196 Å². The monoisotopic (exact) mass is 441 g/mol. The summed E-state index contributed by atoms with van der Waals surface area (Å²) in [7, 11) is 3.96. The third kappa shape index (κ3) is 4.23. The Kier molecular flexibility index (Phi) is 5.98. The minimum atomic E-state index is -0.730. The van der Waals surface area contributed by atoms with E-state index >= 15 is 0 Å². The van der Waals surface area contributed by atoms with Crippen molar-refractivity contribution in [1.82, 2.24) is 0 Å². The van der Waals surface area contributed by atoms with Gasteiger partial charge in [-0.15, -0.1) is 0 Å². The molecule has 0 aliphatic carbocycles. The van der Waals surface area contributed by atoms with Gasteiger partial charge in [0.05, 0.1) is 0 Å². The van der Waals surface area contributed by atoms with E-state index in [0.29, 0.717) is 0 Å². The number of hydrogen-bond acceptors (Lipinski definition) is 3. The molecule has 0 bridgehead atoms. The van der Waals surface area contributed by atoms with Crippen molar-refractivity contribution in [2.24, 2.45) is 0 Å². The molecular weight excluding hydrogens is 410 g/mol. The van der Waals surface area contributed by atoms with Crippen LogP contribution in [-0.2, 0) is 9.59 Å². The van der Waals surface area contributed by atoms with Crippen LogP contribution in [0.4, 0.5) is 17.1 Å². The van der Waals surface area contributed by atoms with Gasteiger partial charge in [-0.05, 0) is 91.9 Å². The van der Waals surface area contributed by atoms with Gasteiger partial charge in [-0.2, -0.15) is 0 Å². The summed E-state index contributed by atoms with van der Waals surface area (Å²) in [4.78, 5) is 32.8. The maximum absolute atomic E-state index is 13.9. The van der Waals surface area contributed by atoms with Gasteiger partial charge in [-0.25, -0.2) is 0 Å². The first-order valence-corrected chi connectivity index (χ1v) is 11.2. The molecule has 0 N–H and O–H groups in total. The summed E-state index contributed by atoms with van der Waals surface area (Å²) in [6, 6.07) is 19.0. The highest BCUT2D eigenvalue weighted by molar-refractivity contribution is 6.14. The molecule has 33 heavy (non-hydrogen) atoms. The maximum atomic E-state index is 13.9. The number of hydrogen-bond donors (Lipinski definition) is 0. The van der Waals surface area contributed by atoms with Crippen LogP contribution in [0.15, 0.2) is 60.7 Å². The van der Waals surface area contributed by atoms with Gasteiger partial charge in [0.15, 0.2) is 0 Å². The van der Waals surface area contributed by atoms with E-state index in [-0.39, 0.29) is 18.4 Å². The number of rotatable bonds is 4. The summed E-state index contributed by atoms with van der Waals surface area (Å²) in [5, 5.41) is 0.